The number of carbonyl (C=O) groups is 2. The van der Waals surface area contributed by atoms with E-state index >= 15 is 0 Å². The number of carbonyl (C=O) groups excluding carboxylic acids is 1. The van der Waals surface area contributed by atoms with E-state index in [4.69, 9.17) is 10.8 Å². The van der Waals surface area contributed by atoms with Gasteiger partial charge in [-0.05, 0) is 25.7 Å². The number of carboxylic acids is 1. The van der Waals surface area contributed by atoms with Gasteiger partial charge in [0.15, 0.2) is 0 Å². The summed E-state index contributed by atoms with van der Waals surface area (Å²) < 4.78 is 0. The summed E-state index contributed by atoms with van der Waals surface area (Å²) >= 11 is 0. The fourth-order valence-corrected chi connectivity index (χ4v) is 3.12. The van der Waals surface area contributed by atoms with Gasteiger partial charge in [-0.25, -0.2) is 0 Å². The molecule has 0 saturated carbocycles. The molecule has 2 saturated heterocycles. The molecule has 2 aliphatic heterocycles. The Morgan fingerprint density at radius 1 is 1.47 bits per heavy atom. The first-order chi connectivity index (χ1) is 8.04. The lowest BCUT2D eigenvalue weighted by molar-refractivity contribution is -0.143. The molecule has 17 heavy (non-hydrogen) atoms. The van der Waals surface area contributed by atoms with Gasteiger partial charge < -0.3 is 15.7 Å². The Morgan fingerprint density at radius 2 is 2.18 bits per heavy atom. The number of carboxylic acid groups (broad SMARTS) is 1. The molecule has 2 heterocycles. The second kappa shape index (κ2) is 4.64. The highest BCUT2D eigenvalue weighted by molar-refractivity contribution is 5.81. The van der Waals surface area contributed by atoms with Crippen molar-refractivity contribution in [3.05, 3.63) is 0 Å². The third-order valence-electron chi connectivity index (χ3n) is 4.10. The highest BCUT2D eigenvalue weighted by Gasteiger charge is 2.51. The molecule has 2 aliphatic rings. The van der Waals surface area contributed by atoms with Crippen molar-refractivity contribution in [3.63, 3.8) is 0 Å². The van der Waals surface area contributed by atoms with Gasteiger partial charge in [0.2, 0.25) is 5.91 Å². The van der Waals surface area contributed by atoms with E-state index in [0.29, 0.717) is 12.8 Å². The summed E-state index contributed by atoms with van der Waals surface area (Å²) in [6.45, 7) is 1.95. The first-order valence-corrected chi connectivity index (χ1v) is 6.34. The lowest BCUT2D eigenvalue weighted by Gasteiger charge is -2.24. The van der Waals surface area contributed by atoms with Crippen LogP contribution >= 0.6 is 0 Å². The van der Waals surface area contributed by atoms with E-state index in [1.54, 1.807) is 4.90 Å². The van der Waals surface area contributed by atoms with Gasteiger partial charge in [0, 0.05) is 24.5 Å². The maximum Gasteiger partial charge on any atom is 0.308 e. The normalized spacial score (nSPS) is 32.8. The molecule has 4 unspecified atom stereocenters. The average molecular weight is 240 g/mol. The van der Waals surface area contributed by atoms with Crippen molar-refractivity contribution >= 4 is 11.9 Å². The zero-order chi connectivity index (χ0) is 12.6. The first kappa shape index (κ1) is 12.4. The van der Waals surface area contributed by atoms with Gasteiger partial charge >= 0.3 is 5.97 Å². The SMILES string of the molecule is CCC(N)CC(=O)N1C2CCC1C(C(=O)O)C2. The molecule has 5 heteroatoms. The molecule has 0 aromatic heterocycles. The Kier molecular flexibility index (Phi) is 3.38. The molecule has 96 valence electrons. The van der Waals surface area contributed by atoms with Crippen molar-refractivity contribution in [1.82, 2.24) is 4.90 Å². The molecule has 0 aromatic carbocycles. The van der Waals surface area contributed by atoms with Gasteiger partial charge in [0.05, 0.1) is 5.92 Å². The maximum absolute atomic E-state index is 12.1. The largest absolute Gasteiger partial charge is 0.481 e. The van der Waals surface area contributed by atoms with E-state index in [1.807, 2.05) is 6.92 Å². The number of hydrogen-bond acceptors (Lipinski definition) is 3. The fraction of sp³-hybridized carbons (Fsp3) is 0.833. The number of nitrogens with zero attached hydrogens (tertiary/aromatic N) is 1. The van der Waals surface area contributed by atoms with Gasteiger partial charge in [-0.2, -0.15) is 0 Å². The highest BCUT2D eigenvalue weighted by Crippen LogP contribution is 2.42. The second-order valence-corrected chi connectivity index (χ2v) is 5.15. The molecule has 2 bridgehead atoms. The van der Waals surface area contributed by atoms with Gasteiger partial charge in [-0.3, -0.25) is 9.59 Å². The molecular weight excluding hydrogens is 220 g/mol. The summed E-state index contributed by atoms with van der Waals surface area (Å²) in [4.78, 5) is 25.0. The lowest BCUT2D eigenvalue weighted by Crippen LogP contribution is -2.40. The van der Waals surface area contributed by atoms with Crippen LogP contribution in [0.4, 0.5) is 0 Å². The van der Waals surface area contributed by atoms with Crippen molar-refractivity contribution in [1.29, 1.82) is 0 Å². The molecule has 0 aromatic rings. The minimum atomic E-state index is -0.769. The van der Waals surface area contributed by atoms with E-state index in [1.165, 1.54) is 0 Å². The van der Waals surface area contributed by atoms with Gasteiger partial charge in [0.1, 0.15) is 0 Å². The van der Waals surface area contributed by atoms with Crippen LogP contribution < -0.4 is 5.73 Å². The van der Waals surface area contributed by atoms with E-state index in [0.717, 1.165) is 19.3 Å². The van der Waals surface area contributed by atoms with Crippen molar-refractivity contribution < 1.29 is 14.7 Å². The molecule has 5 nitrogen and oxygen atoms in total. The Balaban J connectivity index is 2.03. The molecule has 0 radical (unpaired) electrons. The van der Waals surface area contributed by atoms with E-state index in [-0.39, 0.29) is 30.0 Å². The van der Waals surface area contributed by atoms with Crippen molar-refractivity contribution in [2.45, 2.75) is 57.2 Å². The summed E-state index contributed by atoms with van der Waals surface area (Å²) in [5, 5.41) is 9.10. The van der Waals surface area contributed by atoms with Crippen molar-refractivity contribution in [3.8, 4) is 0 Å². The smallest absolute Gasteiger partial charge is 0.308 e. The Bertz CT molecular complexity index is 332. The van der Waals surface area contributed by atoms with Crippen LogP contribution in [0.3, 0.4) is 0 Å². The zero-order valence-corrected chi connectivity index (χ0v) is 10.1. The van der Waals surface area contributed by atoms with Crippen LogP contribution in [0.2, 0.25) is 0 Å². The van der Waals surface area contributed by atoms with Crippen molar-refractivity contribution in [2.75, 3.05) is 0 Å². The van der Waals surface area contributed by atoms with Crippen molar-refractivity contribution in [2.24, 2.45) is 11.7 Å². The number of fused-ring (bicyclic) bond motifs is 2. The van der Waals surface area contributed by atoms with Gasteiger partial charge in [0.25, 0.3) is 0 Å². The first-order valence-electron chi connectivity index (χ1n) is 6.34. The fourth-order valence-electron chi connectivity index (χ4n) is 3.12. The number of aliphatic carboxylic acids is 1. The Hall–Kier alpha value is -1.10. The van der Waals surface area contributed by atoms with Crippen LogP contribution in [0.25, 0.3) is 0 Å². The number of rotatable bonds is 4. The van der Waals surface area contributed by atoms with E-state index in [9.17, 15) is 9.59 Å². The number of hydrogen-bond donors (Lipinski definition) is 2. The van der Waals surface area contributed by atoms with Crippen LogP contribution in [0, 0.1) is 5.92 Å². The van der Waals surface area contributed by atoms with Crippen LogP contribution in [0.15, 0.2) is 0 Å². The minimum absolute atomic E-state index is 0.0376. The predicted molar refractivity (Wildman–Crippen MR) is 62.3 cm³/mol. The average Bonchev–Trinajstić information content (AvgIpc) is 2.85. The quantitative estimate of drug-likeness (QED) is 0.752. The Labute approximate surface area is 101 Å². The summed E-state index contributed by atoms with van der Waals surface area (Å²) in [6.07, 6.45) is 3.51. The topological polar surface area (TPSA) is 83.6 Å². The number of nitrogens with two attached hydrogens (primary N) is 1. The molecule has 3 N–H and O–H groups in total. The summed E-state index contributed by atoms with van der Waals surface area (Å²) in [7, 11) is 0. The highest BCUT2D eigenvalue weighted by atomic mass is 16.4. The Morgan fingerprint density at radius 3 is 2.71 bits per heavy atom. The molecule has 0 aliphatic carbocycles. The zero-order valence-electron chi connectivity index (χ0n) is 10.1. The van der Waals surface area contributed by atoms with Crippen LogP contribution in [-0.4, -0.2) is 40.0 Å². The molecule has 1 amide bonds. The second-order valence-electron chi connectivity index (χ2n) is 5.15. The minimum Gasteiger partial charge on any atom is -0.481 e. The monoisotopic (exact) mass is 240 g/mol. The maximum atomic E-state index is 12.1. The summed E-state index contributed by atoms with van der Waals surface area (Å²) in [5.74, 6) is -1.10. The van der Waals surface area contributed by atoms with Crippen LogP contribution in [-0.2, 0) is 9.59 Å². The number of amides is 1. The predicted octanol–water partition coefficient (Wildman–Crippen LogP) is 0.578. The molecule has 4 atom stereocenters. The molecular formula is C12H20N2O3. The lowest BCUT2D eigenvalue weighted by atomic mass is 9.89. The third-order valence-corrected chi connectivity index (χ3v) is 4.10. The standard InChI is InChI=1S/C12H20N2O3/c1-2-7(13)5-11(15)14-8-3-4-10(14)9(6-8)12(16)17/h7-10H,2-6,13H2,1H3,(H,16,17). The summed E-state index contributed by atoms with van der Waals surface area (Å²) in [6, 6.07) is -0.0579. The van der Waals surface area contributed by atoms with Crippen LogP contribution in [0.5, 0.6) is 0 Å². The van der Waals surface area contributed by atoms with Crippen LogP contribution in [0.1, 0.15) is 39.0 Å². The summed E-state index contributed by atoms with van der Waals surface area (Å²) in [5.41, 5.74) is 5.78. The van der Waals surface area contributed by atoms with E-state index < -0.39 is 5.97 Å². The van der Waals surface area contributed by atoms with Gasteiger partial charge in [-0.1, -0.05) is 6.92 Å². The third kappa shape index (κ3) is 2.16. The molecule has 2 rings (SSSR count). The van der Waals surface area contributed by atoms with E-state index in [2.05, 4.69) is 0 Å². The van der Waals surface area contributed by atoms with Gasteiger partial charge in [-0.15, -0.1) is 0 Å². The molecule has 0 spiro atoms. The molecule has 2 fully saturated rings.